The molecule has 0 saturated carbocycles. The molecule has 1 unspecified atom stereocenters. The summed E-state index contributed by atoms with van der Waals surface area (Å²) in [5.41, 5.74) is 2.28. The minimum Gasteiger partial charge on any atom is -0.497 e. The molecule has 26 heavy (non-hydrogen) atoms. The van der Waals surface area contributed by atoms with Crippen LogP contribution < -0.4 is 20.1 Å². The van der Waals surface area contributed by atoms with E-state index in [4.69, 9.17) is 9.47 Å². The number of rotatable bonds is 7. The monoisotopic (exact) mass is 363 g/mol. The van der Waals surface area contributed by atoms with Crippen molar-refractivity contribution in [2.24, 2.45) is 4.99 Å². The van der Waals surface area contributed by atoms with E-state index in [1.165, 1.54) is 5.30 Å². The lowest BCUT2D eigenvalue weighted by molar-refractivity contribution is 0.308. The van der Waals surface area contributed by atoms with Gasteiger partial charge in [-0.05, 0) is 34.6 Å². The van der Waals surface area contributed by atoms with Gasteiger partial charge in [-0.2, -0.15) is 0 Å². The molecule has 1 atom stereocenters. The lowest BCUT2D eigenvalue weighted by atomic mass is 10.2. The summed E-state index contributed by atoms with van der Waals surface area (Å²) in [5, 5.41) is 2.35. The second kappa shape index (κ2) is 9.17. The summed E-state index contributed by atoms with van der Waals surface area (Å²) >= 11 is 0. The summed E-state index contributed by atoms with van der Waals surface area (Å²) < 4.78 is 11.5. The van der Waals surface area contributed by atoms with Gasteiger partial charge >= 0.3 is 0 Å². The highest BCUT2D eigenvalue weighted by Crippen LogP contribution is 2.25. The molecule has 0 saturated heterocycles. The van der Waals surface area contributed by atoms with Gasteiger partial charge in [0.25, 0.3) is 0 Å². The third-order valence-electron chi connectivity index (χ3n) is 3.92. The largest absolute Gasteiger partial charge is 0.497 e. The van der Waals surface area contributed by atoms with Crippen LogP contribution in [0.3, 0.4) is 0 Å². The van der Waals surface area contributed by atoms with Crippen molar-refractivity contribution in [1.29, 1.82) is 0 Å². The van der Waals surface area contributed by atoms with Gasteiger partial charge < -0.3 is 9.47 Å². The molecule has 0 N–H and O–H groups in total. The van der Waals surface area contributed by atoms with Crippen molar-refractivity contribution in [3.63, 3.8) is 0 Å². The molecule has 3 aromatic rings. The van der Waals surface area contributed by atoms with Gasteiger partial charge in [0.15, 0.2) is 0 Å². The fourth-order valence-electron chi connectivity index (χ4n) is 2.60. The average Bonchev–Trinajstić information content (AvgIpc) is 2.69. The predicted molar refractivity (Wildman–Crippen MR) is 111 cm³/mol. The van der Waals surface area contributed by atoms with Gasteiger partial charge in [-0.15, -0.1) is 0 Å². The second-order valence-corrected chi connectivity index (χ2v) is 7.06. The molecule has 0 radical (unpaired) electrons. The average molecular weight is 363 g/mol. The SMILES string of the molecule is CN=Cc1ccccc1Pc1cc(OC)ccc1OCc1ccccc1. The molecule has 0 aromatic heterocycles. The second-order valence-electron chi connectivity index (χ2n) is 5.74. The Balaban J connectivity index is 1.87. The van der Waals surface area contributed by atoms with Gasteiger partial charge in [0.05, 0.1) is 7.11 Å². The van der Waals surface area contributed by atoms with E-state index in [9.17, 15) is 0 Å². The molecular formula is C22H22NO2P. The molecule has 0 aliphatic carbocycles. The molecule has 0 aliphatic heterocycles. The maximum Gasteiger partial charge on any atom is 0.127 e. The van der Waals surface area contributed by atoms with E-state index in [2.05, 4.69) is 41.4 Å². The Bertz CT molecular complexity index is 878. The standard InChI is InChI=1S/C22H22NO2P/c1-23-15-18-10-6-7-11-21(18)26-22-14-19(24-2)12-13-20(22)25-16-17-8-4-3-5-9-17/h3-15,26H,16H2,1-2H3. The maximum absolute atomic E-state index is 6.11. The van der Waals surface area contributed by atoms with E-state index in [1.54, 1.807) is 14.2 Å². The molecule has 3 nitrogen and oxygen atoms in total. The summed E-state index contributed by atoms with van der Waals surface area (Å²) in [7, 11) is 3.93. The molecule has 3 rings (SSSR count). The van der Waals surface area contributed by atoms with Crippen LogP contribution in [0.4, 0.5) is 0 Å². The number of hydrogen-bond acceptors (Lipinski definition) is 3. The summed E-state index contributed by atoms with van der Waals surface area (Å²) in [6.07, 6.45) is 1.90. The minimum absolute atomic E-state index is 0.455. The Kier molecular flexibility index (Phi) is 6.40. The number of hydrogen-bond donors (Lipinski definition) is 0. The van der Waals surface area contributed by atoms with Gasteiger partial charge in [-0.1, -0.05) is 63.2 Å². The van der Waals surface area contributed by atoms with Crippen molar-refractivity contribution >= 4 is 25.4 Å². The van der Waals surface area contributed by atoms with Crippen LogP contribution in [0.25, 0.3) is 0 Å². The van der Waals surface area contributed by atoms with E-state index in [-0.39, 0.29) is 0 Å². The zero-order valence-corrected chi connectivity index (χ0v) is 16.0. The number of ether oxygens (including phenoxy) is 2. The molecule has 0 heterocycles. The Morgan fingerprint density at radius 3 is 2.46 bits per heavy atom. The van der Waals surface area contributed by atoms with Gasteiger partial charge in [-0.3, -0.25) is 4.99 Å². The topological polar surface area (TPSA) is 30.8 Å². The van der Waals surface area contributed by atoms with Crippen molar-refractivity contribution in [2.45, 2.75) is 6.61 Å². The summed E-state index contributed by atoms with van der Waals surface area (Å²) in [5.74, 6) is 1.72. The number of nitrogens with zero attached hydrogens (tertiary/aromatic N) is 1. The molecule has 3 aromatic carbocycles. The molecule has 132 valence electrons. The first-order valence-corrected chi connectivity index (χ1v) is 9.43. The fraction of sp³-hybridized carbons (Fsp3) is 0.136. The number of aliphatic imine (C=N–C) groups is 1. The molecule has 0 aliphatic rings. The van der Waals surface area contributed by atoms with E-state index in [0.717, 1.165) is 27.9 Å². The predicted octanol–water partition coefficient (Wildman–Crippen LogP) is 3.95. The Labute approximate surface area is 156 Å². The molecular weight excluding hydrogens is 341 g/mol. The van der Waals surface area contributed by atoms with Crippen LogP contribution >= 0.6 is 8.58 Å². The summed E-state index contributed by atoms with van der Waals surface area (Å²) in [6.45, 7) is 0.544. The molecule has 0 bridgehead atoms. The van der Waals surface area contributed by atoms with Gasteiger partial charge in [-0.25, -0.2) is 0 Å². The van der Waals surface area contributed by atoms with Crippen LogP contribution in [0.2, 0.25) is 0 Å². The fourth-order valence-corrected chi connectivity index (χ4v) is 3.86. The molecule has 0 spiro atoms. The Morgan fingerprint density at radius 2 is 1.69 bits per heavy atom. The Hall–Kier alpha value is -2.64. The van der Waals surface area contributed by atoms with Crippen LogP contribution in [-0.4, -0.2) is 20.4 Å². The third kappa shape index (κ3) is 4.71. The van der Waals surface area contributed by atoms with E-state index in [1.807, 2.05) is 42.6 Å². The van der Waals surface area contributed by atoms with Crippen molar-refractivity contribution < 1.29 is 9.47 Å². The quantitative estimate of drug-likeness (QED) is 0.470. The minimum atomic E-state index is 0.455. The lowest BCUT2D eigenvalue weighted by Crippen LogP contribution is -2.12. The zero-order chi connectivity index (χ0) is 18.2. The normalized spacial score (nSPS) is 11.3. The highest BCUT2D eigenvalue weighted by atomic mass is 31.1. The molecule has 0 amide bonds. The van der Waals surface area contributed by atoms with Gasteiger partial charge in [0.2, 0.25) is 0 Å². The van der Waals surface area contributed by atoms with Crippen LogP contribution in [0.5, 0.6) is 11.5 Å². The first-order valence-electron chi connectivity index (χ1n) is 8.43. The first kappa shape index (κ1) is 18.2. The highest BCUT2D eigenvalue weighted by molar-refractivity contribution is 7.56. The van der Waals surface area contributed by atoms with Crippen LogP contribution in [0.1, 0.15) is 11.1 Å². The van der Waals surface area contributed by atoms with Gasteiger partial charge in [0.1, 0.15) is 18.1 Å². The maximum atomic E-state index is 6.11. The van der Waals surface area contributed by atoms with Gasteiger partial charge in [0, 0.05) is 18.6 Å². The van der Waals surface area contributed by atoms with Crippen molar-refractivity contribution in [1.82, 2.24) is 0 Å². The highest BCUT2D eigenvalue weighted by Gasteiger charge is 2.09. The number of benzene rings is 3. The van der Waals surface area contributed by atoms with Crippen molar-refractivity contribution in [3.05, 3.63) is 83.9 Å². The number of methoxy groups -OCH3 is 1. The summed E-state index contributed by atoms with van der Waals surface area (Å²) in [6, 6.07) is 24.5. The van der Waals surface area contributed by atoms with Crippen LogP contribution in [0, 0.1) is 0 Å². The van der Waals surface area contributed by atoms with Crippen molar-refractivity contribution in [3.8, 4) is 11.5 Å². The van der Waals surface area contributed by atoms with Crippen LogP contribution in [-0.2, 0) is 6.61 Å². The molecule has 0 fully saturated rings. The van der Waals surface area contributed by atoms with Crippen LogP contribution in [0.15, 0.2) is 77.8 Å². The smallest absolute Gasteiger partial charge is 0.127 e. The molecule has 4 heteroatoms. The Morgan fingerprint density at radius 1 is 0.923 bits per heavy atom. The van der Waals surface area contributed by atoms with Crippen molar-refractivity contribution in [2.75, 3.05) is 14.2 Å². The van der Waals surface area contributed by atoms with E-state index >= 15 is 0 Å². The zero-order valence-electron chi connectivity index (χ0n) is 15.0. The lowest BCUT2D eigenvalue weighted by Gasteiger charge is -2.14. The third-order valence-corrected chi connectivity index (χ3v) is 5.31. The van der Waals surface area contributed by atoms with E-state index in [0.29, 0.717) is 15.2 Å². The summed E-state index contributed by atoms with van der Waals surface area (Å²) in [4.78, 5) is 4.16. The van der Waals surface area contributed by atoms with E-state index < -0.39 is 0 Å². The first-order chi connectivity index (χ1) is 12.8.